The summed E-state index contributed by atoms with van der Waals surface area (Å²) in [6.07, 6.45) is 9.60. The van der Waals surface area contributed by atoms with Gasteiger partial charge in [-0.25, -0.2) is 9.97 Å². The monoisotopic (exact) mass is 474 g/mol. The van der Waals surface area contributed by atoms with E-state index in [0.29, 0.717) is 30.9 Å². The molecule has 0 spiro atoms. The maximum absolute atomic E-state index is 12.7. The van der Waals surface area contributed by atoms with E-state index in [1.807, 2.05) is 25.3 Å². The van der Waals surface area contributed by atoms with Crippen molar-refractivity contribution in [2.24, 2.45) is 5.73 Å². The number of primary amides is 1. The number of imidazole rings is 1. The minimum absolute atomic E-state index is 0.0932. The van der Waals surface area contributed by atoms with Gasteiger partial charge >= 0.3 is 0 Å². The van der Waals surface area contributed by atoms with Crippen molar-refractivity contribution in [3.63, 3.8) is 0 Å². The average molecular weight is 475 g/mol. The molecule has 10 heteroatoms. The van der Waals surface area contributed by atoms with Crippen LogP contribution < -0.4 is 11.1 Å². The Bertz CT molecular complexity index is 1300. The molecule has 3 heterocycles. The molecule has 1 atom stereocenters. The normalized spacial score (nSPS) is 12.0. The molecule has 182 valence electrons. The second-order valence-corrected chi connectivity index (χ2v) is 8.64. The first-order valence-corrected chi connectivity index (χ1v) is 11.8. The van der Waals surface area contributed by atoms with Gasteiger partial charge in [-0.15, -0.1) is 0 Å². The molecule has 0 aliphatic carbocycles. The van der Waals surface area contributed by atoms with Gasteiger partial charge in [0.1, 0.15) is 11.6 Å². The number of unbranched alkanes of at least 4 members (excludes halogenated alkanes) is 2. The zero-order valence-corrected chi connectivity index (χ0v) is 19.8. The van der Waals surface area contributed by atoms with E-state index >= 15 is 0 Å². The van der Waals surface area contributed by atoms with E-state index in [1.54, 1.807) is 12.4 Å². The fourth-order valence-electron chi connectivity index (χ4n) is 4.01. The first kappa shape index (κ1) is 24.1. The number of hydrogen-bond donors (Lipinski definition) is 4. The van der Waals surface area contributed by atoms with E-state index in [0.717, 1.165) is 47.1 Å². The third-order valence-corrected chi connectivity index (χ3v) is 5.85. The second-order valence-electron chi connectivity index (χ2n) is 8.64. The largest absolute Gasteiger partial charge is 0.370 e. The Balaban J connectivity index is 1.44. The van der Waals surface area contributed by atoms with Crippen LogP contribution in [-0.4, -0.2) is 41.9 Å². The van der Waals surface area contributed by atoms with Gasteiger partial charge in [-0.3, -0.25) is 19.7 Å². The van der Waals surface area contributed by atoms with Crippen molar-refractivity contribution in [3.05, 3.63) is 60.3 Å². The van der Waals surface area contributed by atoms with Gasteiger partial charge in [-0.2, -0.15) is 5.10 Å². The number of aromatic amines is 2. The molecule has 1 aromatic carbocycles. The van der Waals surface area contributed by atoms with Crippen LogP contribution in [0.25, 0.3) is 22.0 Å². The molecule has 4 rings (SSSR count). The molecular weight excluding hydrogens is 444 g/mol. The summed E-state index contributed by atoms with van der Waals surface area (Å²) in [5.74, 6) is 1.65. The molecule has 4 aromatic rings. The number of aryl methyl sites for hydroxylation is 2. The summed E-state index contributed by atoms with van der Waals surface area (Å²) in [6, 6.07) is 7.85. The highest BCUT2D eigenvalue weighted by Gasteiger charge is 2.19. The Morgan fingerprint density at radius 1 is 1.09 bits per heavy atom. The standard InChI is InChI=1S/C25H30N8O2/c1-16-29-23(33-32-16)9-10-24(35)30-20(5-3-2-4-6-22(26)34)25-28-15-21(31-25)18-8-7-17-11-12-27-14-19(17)13-18/h7-8,11-15,20H,2-6,9-10H2,1H3,(H2,26,34)(H,28,31)(H,30,35)(H,29,32,33)/t20-/m0/s1. The summed E-state index contributed by atoms with van der Waals surface area (Å²) in [6.45, 7) is 1.82. The van der Waals surface area contributed by atoms with Gasteiger partial charge in [0.2, 0.25) is 11.8 Å². The summed E-state index contributed by atoms with van der Waals surface area (Å²) in [5, 5.41) is 12.1. The quantitative estimate of drug-likeness (QED) is 0.231. The van der Waals surface area contributed by atoms with E-state index in [9.17, 15) is 9.59 Å². The zero-order valence-electron chi connectivity index (χ0n) is 19.8. The molecule has 0 bridgehead atoms. The predicted octanol–water partition coefficient (Wildman–Crippen LogP) is 3.28. The lowest BCUT2D eigenvalue weighted by molar-refractivity contribution is -0.122. The molecule has 10 nitrogen and oxygen atoms in total. The van der Waals surface area contributed by atoms with Crippen LogP contribution in [0.4, 0.5) is 0 Å². The van der Waals surface area contributed by atoms with E-state index in [2.05, 4.69) is 47.6 Å². The number of carbonyl (C=O) groups is 2. The van der Waals surface area contributed by atoms with Crippen molar-refractivity contribution in [2.75, 3.05) is 0 Å². The number of nitrogens with two attached hydrogens (primary N) is 1. The maximum atomic E-state index is 12.7. The fourth-order valence-corrected chi connectivity index (χ4v) is 4.01. The van der Waals surface area contributed by atoms with Gasteiger partial charge in [-0.1, -0.05) is 25.0 Å². The van der Waals surface area contributed by atoms with Crippen molar-refractivity contribution < 1.29 is 9.59 Å². The van der Waals surface area contributed by atoms with E-state index in [-0.39, 0.29) is 24.3 Å². The Kier molecular flexibility index (Phi) is 7.81. The van der Waals surface area contributed by atoms with Crippen molar-refractivity contribution in [1.29, 1.82) is 0 Å². The van der Waals surface area contributed by atoms with E-state index < -0.39 is 0 Å². The number of nitrogens with one attached hydrogen (secondary N) is 3. The minimum Gasteiger partial charge on any atom is -0.370 e. The SMILES string of the molecule is Cc1nc(CCC(=O)N[C@@H](CCCCCC(N)=O)c2ncc(-c3ccc4ccncc4c3)[nH]2)n[nH]1. The molecule has 3 aromatic heterocycles. The predicted molar refractivity (Wildman–Crippen MR) is 132 cm³/mol. The maximum Gasteiger partial charge on any atom is 0.221 e. The van der Waals surface area contributed by atoms with Crippen LogP contribution in [0.5, 0.6) is 0 Å². The zero-order chi connectivity index (χ0) is 24.6. The van der Waals surface area contributed by atoms with Crippen LogP contribution in [0.3, 0.4) is 0 Å². The number of carbonyl (C=O) groups excluding carboxylic acids is 2. The van der Waals surface area contributed by atoms with Crippen molar-refractivity contribution in [1.82, 2.24) is 35.5 Å². The van der Waals surface area contributed by atoms with Crippen LogP contribution in [0.1, 0.15) is 62.0 Å². The first-order valence-electron chi connectivity index (χ1n) is 11.8. The molecular formula is C25H30N8O2. The number of pyridine rings is 1. The topological polar surface area (TPSA) is 155 Å². The molecule has 2 amide bonds. The lowest BCUT2D eigenvalue weighted by atomic mass is 10.1. The van der Waals surface area contributed by atoms with Crippen LogP contribution in [-0.2, 0) is 16.0 Å². The highest BCUT2D eigenvalue weighted by Crippen LogP contribution is 2.25. The Morgan fingerprint density at radius 3 is 2.77 bits per heavy atom. The summed E-state index contributed by atoms with van der Waals surface area (Å²) < 4.78 is 0. The number of rotatable bonds is 12. The van der Waals surface area contributed by atoms with E-state index in [1.165, 1.54) is 0 Å². The number of nitrogens with zero attached hydrogens (tertiary/aromatic N) is 4. The van der Waals surface area contributed by atoms with Gasteiger partial charge in [0, 0.05) is 42.6 Å². The van der Waals surface area contributed by atoms with Crippen LogP contribution >= 0.6 is 0 Å². The number of hydrogen-bond acceptors (Lipinski definition) is 6. The number of amides is 2. The van der Waals surface area contributed by atoms with Gasteiger partial charge in [-0.05, 0) is 37.3 Å². The third-order valence-electron chi connectivity index (χ3n) is 5.85. The Hall–Kier alpha value is -4.08. The molecule has 0 fully saturated rings. The second kappa shape index (κ2) is 11.4. The number of fused-ring (bicyclic) bond motifs is 1. The third kappa shape index (κ3) is 6.72. The van der Waals surface area contributed by atoms with Crippen LogP contribution in [0, 0.1) is 6.92 Å². The average Bonchev–Trinajstić information content (AvgIpc) is 3.50. The lowest BCUT2D eigenvalue weighted by Crippen LogP contribution is -2.29. The lowest BCUT2D eigenvalue weighted by Gasteiger charge is -2.17. The summed E-state index contributed by atoms with van der Waals surface area (Å²) in [4.78, 5) is 40.2. The Morgan fingerprint density at radius 2 is 1.97 bits per heavy atom. The molecule has 35 heavy (non-hydrogen) atoms. The molecule has 0 radical (unpaired) electrons. The van der Waals surface area contributed by atoms with Gasteiger partial charge in [0.25, 0.3) is 0 Å². The van der Waals surface area contributed by atoms with Crippen LogP contribution in [0.15, 0.2) is 42.9 Å². The smallest absolute Gasteiger partial charge is 0.221 e. The van der Waals surface area contributed by atoms with Crippen molar-refractivity contribution in [3.8, 4) is 11.3 Å². The highest BCUT2D eigenvalue weighted by molar-refractivity contribution is 5.86. The fraction of sp³-hybridized carbons (Fsp3) is 0.360. The van der Waals surface area contributed by atoms with Crippen molar-refractivity contribution >= 4 is 22.6 Å². The molecule has 0 saturated heterocycles. The molecule has 0 aliphatic rings. The number of H-pyrrole nitrogens is 2. The summed E-state index contributed by atoms with van der Waals surface area (Å²) in [5.41, 5.74) is 7.11. The number of benzene rings is 1. The van der Waals surface area contributed by atoms with E-state index in [4.69, 9.17) is 5.73 Å². The summed E-state index contributed by atoms with van der Waals surface area (Å²) in [7, 11) is 0. The van der Waals surface area contributed by atoms with Gasteiger partial charge < -0.3 is 16.0 Å². The minimum atomic E-state index is -0.293. The number of aromatic nitrogens is 6. The molecule has 5 N–H and O–H groups in total. The first-order chi connectivity index (χ1) is 17.0. The van der Waals surface area contributed by atoms with Gasteiger partial charge in [0.15, 0.2) is 5.82 Å². The van der Waals surface area contributed by atoms with Crippen molar-refractivity contribution in [2.45, 2.75) is 57.9 Å². The molecule has 0 saturated carbocycles. The van der Waals surface area contributed by atoms with Gasteiger partial charge in [0.05, 0.1) is 17.9 Å². The van der Waals surface area contributed by atoms with Crippen LogP contribution in [0.2, 0.25) is 0 Å². The summed E-state index contributed by atoms with van der Waals surface area (Å²) >= 11 is 0. The highest BCUT2D eigenvalue weighted by atomic mass is 16.2. The Labute approximate surface area is 203 Å². The molecule has 0 unspecified atom stereocenters. The molecule has 0 aliphatic heterocycles.